The van der Waals surface area contributed by atoms with E-state index in [4.69, 9.17) is 11.6 Å². The second-order valence-corrected chi connectivity index (χ2v) is 6.13. The van der Waals surface area contributed by atoms with E-state index in [9.17, 15) is 0 Å². The maximum atomic E-state index is 6.23. The summed E-state index contributed by atoms with van der Waals surface area (Å²) in [5.74, 6) is 0.710. The van der Waals surface area contributed by atoms with Gasteiger partial charge in [0.25, 0.3) is 0 Å². The Hall–Kier alpha value is -1.12. The first-order chi connectivity index (χ1) is 9.81. The molecule has 1 heterocycles. The lowest BCUT2D eigenvalue weighted by atomic mass is 9.83. The molecular formula is C17H21ClN2. The van der Waals surface area contributed by atoms with Crippen LogP contribution in [-0.2, 0) is 6.54 Å². The minimum Gasteiger partial charge on any atom is -0.306 e. The number of hydrogen-bond acceptors (Lipinski definition) is 2. The van der Waals surface area contributed by atoms with E-state index in [1.165, 1.54) is 43.1 Å². The fourth-order valence-electron chi connectivity index (χ4n) is 3.11. The van der Waals surface area contributed by atoms with Gasteiger partial charge < -0.3 is 5.32 Å². The molecule has 106 valence electrons. The summed E-state index contributed by atoms with van der Waals surface area (Å²) in [6.07, 6.45) is 8.17. The molecule has 2 nitrogen and oxygen atoms in total. The minimum atomic E-state index is 0.143. The molecule has 1 saturated carbocycles. The van der Waals surface area contributed by atoms with Crippen LogP contribution >= 0.6 is 11.6 Å². The minimum absolute atomic E-state index is 0.143. The number of benzene rings is 1. The van der Waals surface area contributed by atoms with Crippen molar-refractivity contribution >= 4 is 22.5 Å². The van der Waals surface area contributed by atoms with Gasteiger partial charge in [-0.05, 0) is 36.6 Å². The van der Waals surface area contributed by atoms with E-state index >= 15 is 0 Å². The SMILES string of the molecule is ClCC1(NCc2ccc3ncccc3c2)CCCCC1. The van der Waals surface area contributed by atoms with Crippen molar-refractivity contribution in [2.45, 2.75) is 44.2 Å². The van der Waals surface area contributed by atoms with Crippen molar-refractivity contribution in [2.24, 2.45) is 0 Å². The third kappa shape index (κ3) is 2.97. The molecule has 3 heteroatoms. The van der Waals surface area contributed by atoms with Crippen molar-refractivity contribution in [3.8, 4) is 0 Å². The number of pyridine rings is 1. The molecule has 1 aliphatic carbocycles. The maximum absolute atomic E-state index is 6.23. The Balaban J connectivity index is 1.72. The van der Waals surface area contributed by atoms with Crippen LogP contribution in [0.5, 0.6) is 0 Å². The Kier molecular flexibility index (Phi) is 4.23. The summed E-state index contributed by atoms with van der Waals surface area (Å²) < 4.78 is 0. The van der Waals surface area contributed by atoms with Crippen LogP contribution in [-0.4, -0.2) is 16.4 Å². The number of nitrogens with one attached hydrogen (secondary N) is 1. The van der Waals surface area contributed by atoms with Crippen LogP contribution in [0.25, 0.3) is 10.9 Å². The summed E-state index contributed by atoms with van der Waals surface area (Å²) >= 11 is 6.23. The molecule has 3 rings (SSSR count). The van der Waals surface area contributed by atoms with Crippen LogP contribution in [0.4, 0.5) is 0 Å². The Morgan fingerprint density at radius 3 is 2.80 bits per heavy atom. The molecule has 2 aromatic rings. The van der Waals surface area contributed by atoms with Gasteiger partial charge in [0, 0.05) is 29.5 Å². The summed E-state index contributed by atoms with van der Waals surface area (Å²) in [4.78, 5) is 4.36. The highest BCUT2D eigenvalue weighted by molar-refractivity contribution is 6.18. The molecule has 0 amide bonds. The highest BCUT2D eigenvalue weighted by atomic mass is 35.5. The summed E-state index contributed by atoms with van der Waals surface area (Å²) in [6, 6.07) is 10.6. The summed E-state index contributed by atoms with van der Waals surface area (Å²) in [7, 11) is 0. The first kappa shape index (κ1) is 13.8. The molecule has 0 saturated heterocycles. The molecule has 1 aliphatic rings. The van der Waals surface area contributed by atoms with E-state index in [1.807, 2.05) is 12.3 Å². The van der Waals surface area contributed by atoms with Gasteiger partial charge in [-0.3, -0.25) is 4.98 Å². The lowest BCUT2D eigenvalue weighted by molar-refractivity contribution is 0.256. The summed E-state index contributed by atoms with van der Waals surface area (Å²) in [6.45, 7) is 0.886. The number of nitrogens with zero attached hydrogens (tertiary/aromatic N) is 1. The van der Waals surface area contributed by atoms with Gasteiger partial charge >= 0.3 is 0 Å². The zero-order chi connectivity index (χ0) is 13.8. The lowest BCUT2D eigenvalue weighted by Crippen LogP contribution is -2.48. The first-order valence-corrected chi connectivity index (χ1v) is 7.99. The number of aromatic nitrogens is 1. The fraction of sp³-hybridized carbons (Fsp3) is 0.471. The molecule has 0 spiro atoms. The number of hydrogen-bond donors (Lipinski definition) is 1. The number of halogens is 1. The Bertz CT molecular complexity index is 576. The topological polar surface area (TPSA) is 24.9 Å². The van der Waals surface area contributed by atoms with Gasteiger partial charge in [-0.25, -0.2) is 0 Å². The van der Waals surface area contributed by atoms with E-state index in [1.54, 1.807) is 0 Å². The quantitative estimate of drug-likeness (QED) is 0.850. The van der Waals surface area contributed by atoms with Crippen molar-refractivity contribution in [3.63, 3.8) is 0 Å². The Morgan fingerprint density at radius 2 is 2.00 bits per heavy atom. The van der Waals surface area contributed by atoms with Crippen LogP contribution in [0.1, 0.15) is 37.7 Å². The molecule has 20 heavy (non-hydrogen) atoms. The largest absolute Gasteiger partial charge is 0.306 e. The van der Waals surface area contributed by atoms with Gasteiger partial charge in [0.1, 0.15) is 0 Å². The van der Waals surface area contributed by atoms with Crippen LogP contribution < -0.4 is 5.32 Å². The second-order valence-electron chi connectivity index (χ2n) is 5.86. The predicted octanol–water partition coefficient (Wildman–Crippen LogP) is 4.27. The van der Waals surface area contributed by atoms with Gasteiger partial charge in [-0.15, -0.1) is 11.6 Å². The average Bonchev–Trinajstić information content (AvgIpc) is 2.54. The standard InChI is InChI=1S/C17H21ClN2/c18-13-17(8-2-1-3-9-17)20-12-14-6-7-16-15(11-14)5-4-10-19-16/h4-7,10-11,20H,1-3,8-9,12-13H2. The fourth-order valence-corrected chi connectivity index (χ4v) is 3.47. The molecule has 0 atom stereocenters. The second kappa shape index (κ2) is 6.11. The molecule has 1 N–H and O–H groups in total. The Morgan fingerprint density at radius 1 is 1.15 bits per heavy atom. The van der Waals surface area contributed by atoms with Gasteiger partial charge in [0.05, 0.1) is 5.52 Å². The van der Waals surface area contributed by atoms with Crippen LogP contribution in [0, 0.1) is 0 Å². The molecule has 0 bridgehead atoms. The number of alkyl halides is 1. The van der Waals surface area contributed by atoms with E-state index < -0.39 is 0 Å². The van der Waals surface area contributed by atoms with Gasteiger partial charge in [-0.1, -0.05) is 31.4 Å². The molecule has 1 aromatic carbocycles. The number of rotatable bonds is 4. The summed E-state index contributed by atoms with van der Waals surface area (Å²) in [5, 5.41) is 4.92. The molecule has 0 unspecified atom stereocenters. The van der Waals surface area contributed by atoms with Crippen molar-refractivity contribution in [1.82, 2.24) is 10.3 Å². The molecule has 0 radical (unpaired) electrons. The first-order valence-electron chi connectivity index (χ1n) is 7.46. The van der Waals surface area contributed by atoms with Gasteiger partial charge in [0.15, 0.2) is 0 Å². The van der Waals surface area contributed by atoms with Crippen molar-refractivity contribution in [3.05, 3.63) is 42.1 Å². The van der Waals surface area contributed by atoms with Gasteiger partial charge in [0.2, 0.25) is 0 Å². The molecule has 0 aliphatic heterocycles. The highest BCUT2D eigenvalue weighted by Gasteiger charge is 2.30. The highest BCUT2D eigenvalue weighted by Crippen LogP contribution is 2.29. The molecular weight excluding hydrogens is 268 g/mol. The lowest BCUT2D eigenvalue weighted by Gasteiger charge is -2.36. The zero-order valence-electron chi connectivity index (χ0n) is 11.7. The smallest absolute Gasteiger partial charge is 0.0702 e. The van der Waals surface area contributed by atoms with Gasteiger partial charge in [-0.2, -0.15) is 0 Å². The zero-order valence-corrected chi connectivity index (χ0v) is 12.5. The van der Waals surface area contributed by atoms with E-state index in [2.05, 4.69) is 34.6 Å². The number of fused-ring (bicyclic) bond motifs is 1. The maximum Gasteiger partial charge on any atom is 0.0702 e. The third-order valence-electron chi connectivity index (χ3n) is 4.40. The van der Waals surface area contributed by atoms with Crippen molar-refractivity contribution in [2.75, 3.05) is 5.88 Å². The van der Waals surface area contributed by atoms with E-state index in [-0.39, 0.29) is 5.54 Å². The molecule has 1 fully saturated rings. The predicted molar refractivity (Wildman–Crippen MR) is 85.1 cm³/mol. The van der Waals surface area contributed by atoms with Crippen molar-refractivity contribution < 1.29 is 0 Å². The van der Waals surface area contributed by atoms with Crippen LogP contribution in [0.3, 0.4) is 0 Å². The Labute approximate surface area is 125 Å². The van der Waals surface area contributed by atoms with Crippen molar-refractivity contribution in [1.29, 1.82) is 0 Å². The van der Waals surface area contributed by atoms with E-state index in [0.29, 0.717) is 5.88 Å². The van der Waals surface area contributed by atoms with E-state index in [0.717, 1.165) is 12.1 Å². The van der Waals surface area contributed by atoms with Crippen LogP contribution in [0.15, 0.2) is 36.5 Å². The van der Waals surface area contributed by atoms with Crippen LogP contribution in [0.2, 0.25) is 0 Å². The summed E-state index contributed by atoms with van der Waals surface area (Å²) in [5.41, 5.74) is 2.51. The normalized spacial score (nSPS) is 18.2. The molecule has 1 aromatic heterocycles. The monoisotopic (exact) mass is 288 g/mol. The average molecular weight is 289 g/mol. The third-order valence-corrected chi connectivity index (χ3v) is 4.91.